The second kappa shape index (κ2) is 6.45. The van der Waals surface area contributed by atoms with Crippen LogP contribution in [0.25, 0.3) is 0 Å². The summed E-state index contributed by atoms with van der Waals surface area (Å²) < 4.78 is 2.07. The van der Waals surface area contributed by atoms with Crippen LogP contribution in [0, 0.1) is 6.92 Å². The summed E-state index contributed by atoms with van der Waals surface area (Å²) in [5.41, 5.74) is 2.61. The predicted molar refractivity (Wildman–Crippen MR) is 76.6 cm³/mol. The molecule has 0 saturated heterocycles. The molecular formula is C13H25N3S. The van der Waals surface area contributed by atoms with Crippen molar-refractivity contribution in [2.45, 2.75) is 52.7 Å². The van der Waals surface area contributed by atoms with Crippen molar-refractivity contribution in [3.05, 3.63) is 17.5 Å². The van der Waals surface area contributed by atoms with Gasteiger partial charge in [-0.2, -0.15) is 16.9 Å². The molecule has 0 bridgehead atoms. The summed E-state index contributed by atoms with van der Waals surface area (Å²) in [7, 11) is 0. The Morgan fingerprint density at radius 3 is 2.71 bits per heavy atom. The monoisotopic (exact) mass is 255 g/mol. The van der Waals surface area contributed by atoms with E-state index in [-0.39, 0.29) is 5.54 Å². The molecule has 0 unspecified atom stereocenters. The molecule has 1 rings (SSSR count). The van der Waals surface area contributed by atoms with Gasteiger partial charge in [0.15, 0.2) is 0 Å². The summed E-state index contributed by atoms with van der Waals surface area (Å²) >= 11 is 1.89. The molecule has 0 spiro atoms. The van der Waals surface area contributed by atoms with E-state index in [1.807, 2.05) is 11.8 Å². The van der Waals surface area contributed by atoms with Crippen LogP contribution in [0.2, 0.25) is 0 Å². The SMILES string of the molecule is CSCCCn1cc(CNC(C)(C)C)c(C)n1. The van der Waals surface area contributed by atoms with E-state index in [1.165, 1.54) is 17.7 Å². The first-order chi connectivity index (χ1) is 7.92. The Balaban J connectivity index is 2.50. The van der Waals surface area contributed by atoms with E-state index in [2.05, 4.69) is 55.2 Å². The fraction of sp³-hybridized carbons (Fsp3) is 0.769. The third kappa shape index (κ3) is 5.59. The van der Waals surface area contributed by atoms with Crippen LogP contribution < -0.4 is 5.32 Å². The Morgan fingerprint density at radius 2 is 2.12 bits per heavy atom. The van der Waals surface area contributed by atoms with E-state index in [0.29, 0.717) is 0 Å². The molecular weight excluding hydrogens is 230 g/mol. The Morgan fingerprint density at radius 1 is 1.41 bits per heavy atom. The third-order valence-electron chi connectivity index (χ3n) is 2.59. The van der Waals surface area contributed by atoms with Crippen molar-refractivity contribution in [3.63, 3.8) is 0 Å². The highest BCUT2D eigenvalue weighted by Crippen LogP contribution is 2.09. The maximum absolute atomic E-state index is 4.55. The second-order valence-electron chi connectivity index (χ2n) is 5.45. The molecule has 98 valence electrons. The van der Waals surface area contributed by atoms with Crippen molar-refractivity contribution >= 4 is 11.8 Å². The van der Waals surface area contributed by atoms with Gasteiger partial charge in [0.2, 0.25) is 0 Å². The second-order valence-corrected chi connectivity index (χ2v) is 6.44. The van der Waals surface area contributed by atoms with Gasteiger partial charge in [0.25, 0.3) is 0 Å². The summed E-state index contributed by atoms with van der Waals surface area (Å²) in [6, 6.07) is 0. The summed E-state index contributed by atoms with van der Waals surface area (Å²) in [5, 5.41) is 8.05. The Bertz CT molecular complexity index is 339. The highest BCUT2D eigenvalue weighted by atomic mass is 32.2. The van der Waals surface area contributed by atoms with Gasteiger partial charge in [-0.25, -0.2) is 0 Å². The zero-order valence-electron chi connectivity index (χ0n) is 11.7. The van der Waals surface area contributed by atoms with Crippen LogP contribution in [0.4, 0.5) is 0 Å². The van der Waals surface area contributed by atoms with E-state index >= 15 is 0 Å². The molecule has 0 atom stereocenters. The van der Waals surface area contributed by atoms with Crippen molar-refractivity contribution in [1.29, 1.82) is 0 Å². The van der Waals surface area contributed by atoms with Crippen molar-refractivity contribution in [1.82, 2.24) is 15.1 Å². The van der Waals surface area contributed by atoms with E-state index in [4.69, 9.17) is 0 Å². The van der Waals surface area contributed by atoms with Gasteiger partial charge in [-0.15, -0.1) is 0 Å². The van der Waals surface area contributed by atoms with Crippen molar-refractivity contribution < 1.29 is 0 Å². The fourth-order valence-electron chi connectivity index (χ4n) is 1.58. The molecule has 0 fully saturated rings. The molecule has 0 aliphatic heterocycles. The zero-order valence-corrected chi connectivity index (χ0v) is 12.5. The standard InChI is InChI=1S/C13H25N3S/c1-11-12(9-14-13(2,3)4)10-16(15-11)7-6-8-17-5/h10,14H,6-9H2,1-5H3. The molecule has 1 aromatic heterocycles. The van der Waals surface area contributed by atoms with Gasteiger partial charge in [0.1, 0.15) is 0 Å². The first kappa shape index (κ1) is 14.6. The number of rotatable bonds is 6. The Hall–Kier alpha value is -0.480. The van der Waals surface area contributed by atoms with Gasteiger partial charge >= 0.3 is 0 Å². The molecule has 17 heavy (non-hydrogen) atoms. The van der Waals surface area contributed by atoms with Crippen molar-refractivity contribution in [2.75, 3.05) is 12.0 Å². The zero-order chi connectivity index (χ0) is 12.9. The number of aryl methyl sites for hydroxylation is 2. The first-order valence-electron chi connectivity index (χ1n) is 6.19. The molecule has 0 aromatic carbocycles. The molecule has 0 aliphatic rings. The largest absolute Gasteiger partial charge is 0.308 e. The number of hydrogen-bond donors (Lipinski definition) is 1. The molecule has 1 heterocycles. The highest BCUT2D eigenvalue weighted by Gasteiger charge is 2.11. The van der Waals surface area contributed by atoms with Crippen LogP contribution in [0.5, 0.6) is 0 Å². The van der Waals surface area contributed by atoms with Crippen LogP contribution in [-0.4, -0.2) is 27.3 Å². The minimum absolute atomic E-state index is 0.160. The van der Waals surface area contributed by atoms with E-state index < -0.39 is 0 Å². The minimum atomic E-state index is 0.160. The quantitative estimate of drug-likeness (QED) is 0.793. The summed E-state index contributed by atoms with van der Waals surface area (Å²) in [6.07, 6.45) is 5.51. The lowest BCUT2D eigenvalue weighted by atomic mass is 10.1. The Labute approximate surface area is 109 Å². The molecule has 0 aliphatic carbocycles. The lowest BCUT2D eigenvalue weighted by Gasteiger charge is -2.20. The normalized spacial score (nSPS) is 12.1. The molecule has 3 nitrogen and oxygen atoms in total. The maximum atomic E-state index is 4.55. The van der Waals surface area contributed by atoms with Gasteiger partial charge in [0, 0.05) is 30.4 Å². The van der Waals surface area contributed by atoms with Crippen molar-refractivity contribution in [2.24, 2.45) is 0 Å². The van der Waals surface area contributed by atoms with Crippen LogP contribution in [0.1, 0.15) is 38.4 Å². The molecule has 0 radical (unpaired) electrons. The van der Waals surface area contributed by atoms with Gasteiger partial charge < -0.3 is 5.32 Å². The van der Waals surface area contributed by atoms with Crippen molar-refractivity contribution in [3.8, 4) is 0 Å². The van der Waals surface area contributed by atoms with Crippen LogP contribution in [-0.2, 0) is 13.1 Å². The minimum Gasteiger partial charge on any atom is -0.308 e. The number of nitrogens with one attached hydrogen (secondary N) is 1. The summed E-state index contributed by atoms with van der Waals surface area (Å²) in [4.78, 5) is 0. The van der Waals surface area contributed by atoms with E-state index in [0.717, 1.165) is 18.8 Å². The Kier molecular flexibility index (Phi) is 5.53. The molecule has 0 saturated carbocycles. The lowest BCUT2D eigenvalue weighted by molar-refractivity contribution is 0.423. The van der Waals surface area contributed by atoms with Crippen LogP contribution in [0.15, 0.2) is 6.20 Å². The van der Waals surface area contributed by atoms with Gasteiger partial charge in [0.05, 0.1) is 5.69 Å². The summed E-state index contributed by atoms with van der Waals surface area (Å²) in [5.74, 6) is 1.20. The predicted octanol–water partition coefficient (Wildman–Crippen LogP) is 2.83. The third-order valence-corrected chi connectivity index (χ3v) is 3.29. The topological polar surface area (TPSA) is 29.9 Å². The summed E-state index contributed by atoms with van der Waals surface area (Å²) in [6.45, 7) is 10.6. The average molecular weight is 255 g/mol. The van der Waals surface area contributed by atoms with E-state index in [1.54, 1.807) is 0 Å². The van der Waals surface area contributed by atoms with Gasteiger partial charge in [-0.3, -0.25) is 4.68 Å². The van der Waals surface area contributed by atoms with E-state index in [9.17, 15) is 0 Å². The average Bonchev–Trinajstić information content (AvgIpc) is 2.56. The molecule has 4 heteroatoms. The van der Waals surface area contributed by atoms with Crippen LogP contribution >= 0.6 is 11.8 Å². The van der Waals surface area contributed by atoms with Crippen LogP contribution in [0.3, 0.4) is 0 Å². The molecule has 1 aromatic rings. The number of nitrogens with zero attached hydrogens (tertiary/aromatic N) is 2. The highest BCUT2D eigenvalue weighted by molar-refractivity contribution is 7.98. The number of thioether (sulfide) groups is 1. The number of aromatic nitrogens is 2. The molecule has 1 N–H and O–H groups in total. The van der Waals surface area contributed by atoms with Gasteiger partial charge in [-0.1, -0.05) is 0 Å². The lowest BCUT2D eigenvalue weighted by Crippen LogP contribution is -2.35. The smallest absolute Gasteiger partial charge is 0.0638 e. The first-order valence-corrected chi connectivity index (χ1v) is 7.58. The van der Waals surface area contributed by atoms with Gasteiger partial charge in [-0.05, 0) is 46.1 Å². The molecule has 0 amide bonds. The fourth-order valence-corrected chi connectivity index (χ4v) is 2.00. The number of hydrogen-bond acceptors (Lipinski definition) is 3. The maximum Gasteiger partial charge on any atom is 0.0638 e.